The Balaban J connectivity index is 5.32. The number of rotatable bonds is 12. The lowest BCUT2D eigenvalue weighted by Crippen LogP contribution is -2.07. The second-order valence-electron chi connectivity index (χ2n) is 5.35. The van der Waals surface area contributed by atoms with Gasteiger partial charge in [0.05, 0.1) is 24.6 Å². The van der Waals surface area contributed by atoms with E-state index in [-0.39, 0.29) is 24.6 Å². The van der Waals surface area contributed by atoms with Gasteiger partial charge in [0.2, 0.25) is 0 Å². The molecule has 22 heavy (non-hydrogen) atoms. The minimum atomic E-state index is -4.05. The van der Waals surface area contributed by atoms with Crippen LogP contribution in [-0.4, -0.2) is 29.5 Å². The third-order valence-electron chi connectivity index (χ3n) is 2.37. The summed E-state index contributed by atoms with van der Waals surface area (Å²) in [4.78, 5) is 9.74. The Hall–Kier alpha value is 0.530. The third kappa shape index (κ3) is 8.98. The molecule has 0 spiro atoms. The first kappa shape index (κ1) is 22.5. The van der Waals surface area contributed by atoms with E-state index in [0.717, 1.165) is 0 Å². The van der Waals surface area contributed by atoms with Crippen LogP contribution < -0.4 is 0 Å². The predicted molar refractivity (Wildman–Crippen MR) is 88.9 cm³/mol. The molecule has 3 unspecified atom stereocenters. The average Bonchev–Trinajstić information content (AvgIpc) is 2.25. The molecule has 0 aromatic heterocycles. The van der Waals surface area contributed by atoms with Crippen molar-refractivity contribution in [3.63, 3.8) is 0 Å². The molecule has 7 nitrogen and oxygen atoms in total. The van der Waals surface area contributed by atoms with Gasteiger partial charge in [0.1, 0.15) is 0 Å². The Kier molecular flexibility index (Phi) is 9.97. The summed E-state index contributed by atoms with van der Waals surface area (Å²) in [6.45, 7) is 8.60. The third-order valence-corrected chi connectivity index (χ3v) is 10.1. The Bertz CT molecular complexity index is 464. The smallest absolute Gasteiger partial charge is 0.324 e. The normalized spacial score (nSPS) is 20.3. The van der Waals surface area contributed by atoms with Gasteiger partial charge in [0, 0.05) is 0 Å². The molecule has 0 saturated heterocycles. The average molecular weight is 378 g/mol. The fraction of sp³-hybridized carbons (Fsp3) is 1.00. The Labute approximate surface area is 133 Å². The Morgan fingerprint density at radius 1 is 0.818 bits per heavy atom. The van der Waals surface area contributed by atoms with Crippen molar-refractivity contribution in [2.24, 2.45) is 0 Å². The molecule has 0 aromatic carbocycles. The van der Waals surface area contributed by atoms with Gasteiger partial charge < -0.3 is 9.42 Å². The van der Waals surface area contributed by atoms with Gasteiger partial charge in [0.15, 0.2) is 0 Å². The SMILES string of the molecule is CCCP(=O)(O)OP(=O)(CCC)OP(=O)(CCC)OC(C)C. The summed E-state index contributed by atoms with van der Waals surface area (Å²) in [7, 11) is -11.7. The summed E-state index contributed by atoms with van der Waals surface area (Å²) in [6, 6.07) is 0. The van der Waals surface area contributed by atoms with E-state index in [1.165, 1.54) is 0 Å². The van der Waals surface area contributed by atoms with Gasteiger partial charge in [-0.2, -0.15) is 0 Å². The minimum Gasteiger partial charge on any atom is -0.324 e. The first-order chi connectivity index (χ1) is 10.0. The summed E-state index contributed by atoms with van der Waals surface area (Å²) in [6.07, 6.45) is 0.771. The molecule has 0 fully saturated rings. The molecule has 0 rings (SSSR count). The molecular formula is C12H29O7P3. The van der Waals surface area contributed by atoms with E-state index in [2.05, 4.69) is 0 Å². The molecule has 3 atom stereocenters. The van der Waals surface area contributed by atoms with Gasteiger partial charge in [-0.25, -0.2) is 8.62 Å². The standard InChI is InChI=1S/C12H29O7P3/c1-6-9-20(13,14)18-22(16,11-8-3)19-21(15,10-7-2)17-12(4)5/h12H,6-11H2,1-5H3,(H,13,14). The molecule has 134 valence electrons. The van der Waals surface area contributed by atoms with Crippen LogP contribution in [0.2, 0.25) is 0 Å². The highest BCUT2D eigenvalue weighted by atomic mass is 31.3. The summed E-state index contributed by atoms with van der Waals surface area (Å²) >= 11 is 0. The Morgan fingerprint density at radius 3 is 1.68 bits per heavy atom. The fourth-order valence-electron chi connectivity index (χ4n) is 1.79. The second kappa shape index (κ2) is 9.74. The largest absolute Gasteiger partial charge is 0.344 e. The van der Waals surface area contributed by atoms with E-state index in [4.69, 9.17) is 13.1 Å². The van der Waals surface area contributed by atoms with Crippen LogP contribution in [0.4, 0.5) is 0 Å². The number of hydrogen-bond donors (Lipinski definition) is 1. The fourth-order valence-corrected chi connectivity index (χ4v) is 9.11. The minimum absolute atomic E-state index is 0.0752. The zero-order valence-corrected chi connectivity index (χ0v) is 16.7. The van der Waals surface area contributed by atoms with Crippen LogP contribution >= 0.6 is 22.8 Å². The van der Waals surface area contributed by atoms with Crippen LogP contribution in [0.15, 0.2) is 0 Å². The van der Waals surface area contributed by atoms with E-state index in [1.54, 1.807) is 34.6 Å². The van der Waals surface area contributed by atoms with Crippen molar-refractivity contribution in [2.45, 2.75) is 60.0 Å². The zero-order valence-electron chi connectivity index (χ0n) is 14.1. The van der Waals surface area contributed by atoms with Crippen molar-refractivity contribution >= 4 is 22.8 Å². The van der Waals surface area contributed by atoms with Crippen molar-refractivity contribution in [1.29, 1.82) is 0 Å². The van der Waals surface area contributed by atoms with Crippen LogP contribution in [0.25, 0.3) is 0 Å². The predicted octanol–water partition coefficient (Wildman–Crippen LogP) is 5.25. The molecule has 0 aromatic rings. The Morgan fingerprint density at radius 2 is 1.27 bits per heavy atom. The lowest BCUT2D eigenvalue weighted by atomic mass is 10.5. The summed E-state index contributed by atoms with van der Waals surface area (Å²) < 4.78 is 52.8. The van der Waals surface area contributed by atoms with Crippen molar-refractivity contribution < 1.29 is 31.7 Å². The van der Waals surface area contributed by atoms with E-state index in [0.29, 0.717) is 19.3 Å². The number of hydrogen-bond acceptors (Lipinski definition) is 6. The molecule has 0 aliphatic heterocycles. The van der Waals surface area contributed by atoms with Gasteiger partial charge in [0.25, 0.3) is 0 Å². The van der Waals surface area contributed by atoms with Crippen molar-refractivity contribution in [3.05, 3.63) is 0 Å². The molecule has 0 saturated carbocycles. The van der Waals surface area contributed by atoms with Crippen LogP contribution in [0.5, 0.6) is 0 Å². The first-order valence-electron chi connectivity index (χ1n) is 7.62. The van der Waals surface area contributed by atoms with Crippen LogP contribution in [0, 0.1) is 0 Å². The van der Waals surface area contributed by atoms with Crippen LogP contribution in [-0.2, 0) is 26.8 Å². The molecular weight excluding hydrogens is 349 g/mol. The molecule has 1 N–H and O–H groups in total. The molecule has 0 bridgehead atoms. The van der Waals surface area contributed by atoms with Gasteiger partial charge in [-0.3, -0.25) is 13.7 Å². The van der Waals surface area contributed by atoms with Crippen molar-refractivity contribution in [2.75, 3.05) is 18.5 Å². The summed E-state index contributed by atoms with van der Waals surface area (Å²) in [5.74, 6) is 0. The van der Waals surface area contributed by atoms with Crippen molar-refractivity contribution in [3.8, 4) is 0 Å². The van der Waals surface area contributed by atoms with E-state index in [1.807, 2.05) is 0 Å². The molecule has 0 aliphatic rings. The van der Waals surface area contributed by atoms with Gasteiger partial charge in [-0.15, -0.1) is 0 Å². The molecule has 0 radical (unpaired) electrons. The quantitative estimate of drug-likeness (QED) is 0.463. The lowest BCUT2D eigenvalue weighted by Gasteiger charge is -2.26. The van der Waals surface area contributed by atoms with Gasteiger partial charge in [-0.1, -0.05) is 20.8 Å². The molecule has 0 aliphatic carbocycles. The van der Waals surface area contributed by atoms with Crippen LogP contribution in [0.3, 0.4) is 0 Å². The highest BCUT2D eigenvalue weighted by Crippen LogP contribution is 2.71. The van der Waals surface area contributed by atoms with Crippen LogP contribution in [0.1, 0.15) is 53.9 Å². The summed E-state index contributed by atoms with van der Waals surface area (Å²) in [5, 5.41) is 0. The monoisotopic (exact) mass is 378 g/mol. The maximum absolute atomic E-state index is 12.7. The van der Waals surface area contributed by atoms with Gasteiger partial charge >= 0.3 is 22.8 Å². The second-order valence-corrected chi connectivity index (χ2v) is 11.9. The topological polar surface area (TPSA) is 99.1 Å². The maximum atomic E-state index is 12.7. The van der Waals surface area contributed by atoms with Gasteiger partial charge in [-0.05, 0) is 33.1 Å². The molecule has 0 heterocycles. The lowest BCUT2D eigenvalue weighted by molar-refractivity contribution is 0.203. The highest BCUT2D eigenvalue weighted by molar-refractivity contribution is 7.72. The highest BCUT2D eigenvalue weighted by Gasteiger charge is 2.41. The molecule has 0 amide bonds. The molecule has 10 heteroatoms. The zero-order chi connectivity index (χ0) is 17.4. The first-order valence-corrected chi connectivity index (χ1v) is 12.8. The summed E-state index contributed by atoms with van der Waals surface area (Å²) in [5.41, 5.74) is 0. The maximum Gasteiger partial charge on any atom is 0.344 e. The van der Waals surface area contributed by atoms with E-state index < -0.39 is 22.8 Å². The van der Waals surface area contributed by atoms with E-state index in [9.17, 15) is 18.6 Å². The van der Waals surface area contributed by atoms with E-state index >= 15 is 0 Å². The van der Waals surface area contributed by atoms with Crippen molar-refractivity contribution in [1.82, 2.24) is 0 Å².